The number of nitrogens with one attached hydrogen (secondary N) is 1. The fourth-order valence-electron chi connectivity index (χ4n) is 2.87. The van der Waals surface area contributed by atoms with Gasteiger partial charge in [0.1, 0.15) is 25.0 Å². The van der Waals surface area contributed by atoms with Gasteiger partial charge in [-0.2, -0.15) is 0 Å². The molecule has 2 rings (SSSR count). The molecule has 0 bridgehead atoms. The van der Waals surface area contributed by atoms with Crippen LogP contribution in [0.5, 0.6) is 5.75 Å². The Labute approximate surface area is 142 Å². The van der Waals surface area contributed by atoms with Gasteiger partial charge in [-0.25, -0.2) is 0 Å². The van der Waals surface area contributed by atoms with Crippen LogP contribution in [0.15, 0.2) is 24.3 Å². The molecule has 0 amide bonds. The third-order valence-corrected chi connectivity index (χ3v) is 4.36. The smallest absolute Gasteiger partial charge is 0.287 e. The SMILES string of the molecule is COc1ccc(NC(C(C)C)C2([N+](=O)[O-])COC(C)(C)OC2)cc1. The molecule has 1 aliphatic heterocycles. The summed E-state index contributed by atoms with van der Waals surface area (Å²) >= 11 is 0. The lowest BCUT2D eigenvalue weighted by atomic mass is 9.83. The average Bonchev–Trinajstić information content (AvgIpc) is 2.53. The maximum Gasteiger partial charge on any atom is 0.287 e. The number of hydrogen-bond acceptors (Lipinski definition) is 6. The summed E-state index contributed by atoms with van der Waals surface area (Å²) in [5.74, 6) is -0.0659. The molecule has 1 aliphatic rings. The predicted octanol–water partition coefficient (Wildman–Crippen LogP) is 2.93. The molecule has 1 fully saturated rings. The number of benzene rings is 1. The third kappa shape index (κ3) is 3.79. The molecule has 1 atom stereocenters. The number of hydrogen-bond donors (Lipinski definition) is 1. The van der Waals surface area contributed by atoms with Crippen molar-refractivity contribution in [2.75, 3.05) is 25.6 Å². The van der Waals surface area contributed by atoms with Gasteiger partial charge in [-0.3, -0.25) is 10.1 Å². The van der Waals surface area contributed by atoms with Crippen LogP contribution in [-0.4, -0.2) is 42.6 Å². The molecule has 7 heteroatoms. The van der Waals surface area contributed by atoms with E-state index in [-0.39, 0.29) is 24.1 Å². The van der Waals surface area contributed by atoms with Crippen LogP contribution in [0.1, 0.15) is 27.7 Å². The summed E-state index contributed by atoms with van der Waals surface area (Å²) in [5.41, 5.74) is -0.551. The second-order valence-electron chi connectivity index (χ2n) is 6.93. The number of nitro groups is 1. The van der Waals surface area contributed by atoms with Crippen molar-refractivity contribution < 1.29 is 19.1 Å². The van der Waals surface area contributed by atoms with Crippen LogP contribution < -0.4 is 10.1 Å². The Morgan fingerprint density at radius 3 is 2.17 bits per heavy atom. The minimum absolute atomic E-state index is 0.000991. The van der Waals surface area contributed by atoms with Crippen LogP contribution in [0.3, 0.4) is 0 Å². The molecule has 1 heterocycles. The standard InChI is InChI=1S/C17H26N2O5/c1-12(2)15(18-13-6-8-14(22-5)9-7-13)17(19(20)21)10-23-16(3,4)24-11-17/h6-9,12,15,18H,10-11H2,1-5H3. The van der Waals surface area contributed by atoms with Gasteiger partial charge in [-0.15, -0.1) is 0 Å². The topological polar surface area (TPSA) is 82.9 Å². The molecule has 1 aromatic rings. The Morgan fingerprint density at radius 1 is 1.21 bits per heavy atom. The van der Waals surface area contributed by atoms with Gasteiger partial charge in [-0.05, 0) is 44.0 Å². The van der Waals surface area contributed by atoms with E-state index in [1.807, 2.05) is 38.1 Å². The van der Waals surface area contributed by atoms with E-state index in [1.54, 1.807) is 21.0 Å². The van der Waals surface area contributed by atoms with Gasteiger partial charge in [0.15, 0.2) is 5.79 Å². The molecule has 0 radical (unpaired) electrons. The molecular weight excluding hydrogens is 312 g/mol. The van der Waals surface area contributed by atoms with E-state index < -0.39 is 17.4 Å². The number of rotatable bonds is 6. The Bertz CT molecular complexity index is 561. The lowest BCUT2D eigenvalue weighted by molar-refractivity contribution is -0.599. The summed E-state index contributed by atoms with van der Waals surface area (Å²) in [5, 5.41) is 15.2. The molecule has 134 valence electrons. The summed E-state index contributed by atoms with van der Waals surface area (Å²) in [7, 11) is 1.60. The highest BCUT2D eigenvalue weighted by molar-refractivity contribution is 5.47. The second kappa shape index (κ2) is 6.94. The minimum atomic E-state index is -1.34. The van der Waals surface area contributed by atoms with Crippen molar-refractivity contribution in [1.82, 2.24) is 0 Å². The van der Waals surface area contributed by atoms with Gasteiger partial charge in [0.2, 0.25) is 0 Å². The fourth-order valence-corrected chi connectivity index (χ4v) is 2.87. The van der Waals surface area contributed by atoms with Gasteiger partial charge in [-0.1, -0.05) is 13.8 Å². The Hall–Kier alpha value is -1.86. The van der Waals surface area contributed by atoms with Crippen molar-refractivity contribution in [1.29, 1.82) is 0 Å². The number of nitrogens with zero attached hydrogens (tertiary/aromatic N) is 1. The highest BCUT2D eigenvalue weighted by Crippen LogP contribution is 2.33. The third-order valence-electron chi connectivity index (χ3n) is 4.36. The van der Waals surface area contributed by atoms with Crippen molar-refractivity contribution in [3.8, 4) is 5.75 Å². The van der Waals surface area contributed by atoms with Crippen molar-refractivity contribution in [3.63, 3.8) is 0 Å². The average molecular weight is 338 g/mol. The number of ether oxygens (including phenoxy) is 3. The Kier molecular flexibility index (Phi) is 5.35. The van der Waals surface area contributed by atoms with Crippen LogP contribution in [-0.2, 0) is 9.47 Å². The molecule has 1 saturated heterocycles. The summed E-state index contributed by atoms with van der Waals surface area (Å²) in [6.07, 6.45) is 0. The first-order valence-electron chi connectivity index (χ1n) is 8.03. The zero-order valence-corrected chi connectivity index (χ0v) is 14.9. The molecule has 1 unspecified atom stereocenters. The largest absolute Gasteiger partial charge is 0.497 e. The first-order chi connectivity index (χ1) is 11.2. The van der Waals surface area contributed by atoms with Gasteiger partial charge >= 0.3 is 0 Å². The molecular formula is C17H26N2O5. The maximum atomic E-state index is 11.9. The van der Waals surface area contributed by atoms with Crippen LogP contribution in [0.25, 0.3) is 0 Å². The number of methoxy groups -OCH3 is 1. The highest BCUT2D eigenvalue weighted by atomic mass is 16.7. The van der Waals surface area contributed by atoms with E-state index in [1.165, 1.54) is 0 Å². The molecule has 24 heavy (non-hydrogen) atoms. The van der Waals surface area contributed by atoms with E-state index in [0.29, 0.717) is 0 Å². The zero-order chi connectivity index (χ0) is 18.0. The van der Waals surface area contributed by atoms with E-state index >= 15 is 0 Å². The van der Waals surface area contributed by atoms with Crippen LogP contribution in [0.4, 0.5) is 5.69 Å². The van der Waals surface area contributed by atoms with E-state index in [4.69, 9.17) is 14.2 Å². The van der Waals surface area contributed by atoms with E-state index in [9.17, 15) is 10.1 Å². The summed E-state index contributed by atoms with van der Waals surface area (Å²) < 4.78 is 16.4. The maximum absolute atomic E-state index is 11.9. The molecule has 0 aliphatic carbocycles. The molecule has 0 saturated carbocycles. The van der Waals surface area contributed by atoms with Crippen molar-refractivity contribution >= 4 is 5.69 Å². The molecule has 0 aromatic heterocycles. The van der Waals surface area contributed by atoms with Crippen molar-refractivity contribution in [3.05, 3.63) is 34.4 Å². The Morgan fingerprint density at radius 2 is 1.75 bits per heavy atom. The first-order valence-corrected chi connectivity index (χ1v) is 8.03. The second-order valence-corrected chi connectivity index (χ2v) is 6.93. The minimum Gasteiger partial charge on any atom is -0.497 e. The normalized spacial score (nSPS) is 20.4. The summed E-state index contributed by atoms with van der Waals surface area (Å²) in [6.45, 7) is 7.42. The summed E-state index contributed by atoms with van der Waals surface area (Å²) in [6, 6.07) is 6.87. The van der Waals surface area contributed by atoms with E-state index in [0.717, 1.165) is 11.4 Å². The van der Waals surface area contributed by atoms with Gasteiger partial charge in [0.25, 0.3) is 5.54 Å². The quantitative estimate of drug-likeness (QED) is 0.634. The molecule has 7 nitrogen and oxygen atoms in total. The zero-order valence-electron chi connectivity index (χ0n) is 14.9. The van der Waals surface area contributed by atoms with Gasteiger partial charge < -0.3 is 19.5 Å². The van der Waals surface area contributed by atoms with Crippen LogP contribution in [0.2, 0.25) is 0 Å². The van der Waals surface area contributed by atoms with Crippen LogP contribution >= 0.6 is 0 Å². The Balaban J connectivity index is 2.27. The monoisotopic (exact) mass is 338 g/mol. The summed E-state index contributed by atoms with van der Waals surface area (Å²) in [4.78, 5) is 11.6. The number of anilines is 1. The van der Waals surface area contributed by atoms with Crippen molar-refractivity contribution in [2.24, 2.45) is 5.92 Å². The first kappa shape index (κ1) is 18.5. The van der Waals surface area contributed by atoms with Gasteiger partial charge in [0, 0.05) is 10.6 Å². The fraction of sp³-hybridized carbons (Fsp3) is 0.647. The van der Waals surface area contributed by atoms with Crippen LogP contribution in [0, 0.1) is 16.0 Å². The predicted molar refractivity (Wildman–Crippen MR) is 91.0 cm³/mol. The highest BCUT2D eigenvalue weighted by Gasteiger charge is 2.57. The lowest BCUT2D eigenvalue weighted by Crippen LogP contribution is -2.65. The molecule has 0 spiro atoms. The lowest BCUT2D eigenvalue weighted by Gasteiger charge is -2.43. The van der Waals surface area contributed by atoms with E-state index in [2.05, 4.69) is 5.32 Å². The van der Waals surface area contributed by atoms with Gasteiger partial charge in [0.05, 0.1) is 7.11 Å². The van der Waals surface area contributed by atoms with Crippen molar-refractivity contribution in [2.45, 2.75) is 45.1 Å². The molecule has 1 N–H and O–H groups in total. The molecule has 1 aromatic carbocycles.